The number of hydrogen-bond donors (Lipinski definition) is 3. The van der Waals surface area contributed by atoms with Crippen molar-refractivity contribution in [2.75, 3.05) is 10.6 Å². The third-order valence-corrected chi connectivity index (χ3v) is 7.22. The van der Waals surface area contributed by atoms with Crippen LogP contribution in [0.5, 0.6) is 0 Å². The summed E-state index contributed by atoms with van der Waals surface area (Å²) in [7, 11) is 0. The Labute approximate surface area is 226 Å². The summed E-state index contributed by atoms with van der Waals surface area (Å²) >= 11 is 0.851. The number of hydrogen-bond acceptors (Lipinski definition) is 7. The monoisotopic (exact) mass is 537 g/mol. The first-order chi connectivity index (χ1) is 18.0. The predicted molar refractivity (Wildman–Crippen MR) is 148 cm³/mol. The van der Waals surface area contributed by atoms with Crippen LogP contribution in [0.2, 0.25) is 0 Å². The zero-order chi connectivity index (χ0) is 27.4. The number of para-hydroxylation sites is 1. The van der Waals surface area contributed by atoms with E-state index in [0.717, 1.165) is 37.2 Å². The predicted octanol–water partition coefficient (Wildman–Crippen LogP) is 4.99. The van der Waals surface area contributed by atoms with E-state index < -0.39 is 23.4 Å². The third kappa shape index (κ3) is 6.24. The summed E-state index contributed by atoms with van der Waals surface area (Å²) < 4.78 is 10.1. The molecule has 0 radical (unpaired) electrons. The number of rotatable bonds is 7. The van der Waals surface area contributed by atoms with Gasteiger partial charge in [-0.1, -0.05) is 37.5 Å². The number of anilines is 2. The molecule has 1 fully saturated rings. The summed E-state index contributed by atoms with van der Waals surface area (Å²) in [5, 5.41) is 5.97. The molecule has 1 saturated carbocycles. The number of amides is 3. The number of carbonyl (C=O) groups excluding carboxylic acids is 3. The Bertz CT molecular complexity index is 1290. The van der Waals surface area contributed by atoms with Gasteiger partial charge in [-0.3, -0.25) is 19.3 Å². The van der Waals surface area contributed by atoms with E-state index in [4.69, 9.17) is 10.2 Å². The van der Waals surface area contributed by atoms with E-state index in [1.54, 1.807) is 43.3 Å². The number of carbonyl (C=O) groups is 3. The van der Waals surface area contributed by atoms with E-state index in [-0.39, 0.29) is 28.2 Å². The molecule has 1 aliphatic rings. The molecule has 3 amide bonds. The van der Waals surface area contributed by atoms with Gasteiger partial charge in [0.2, 0.25) is 0 Å². The van der Waals surface area contributed by atoms with E-state index in [1.165, 1.54) is 11.3 Å². The van der Waals surface area contributed by atoms with Crippen LogP contribution < -0.4 is 21.3 Å². The van der Waals surface area contributed by atoms with Gasteiger partial charge in [0.25, 0.3) is 17.7 Å². The topological polar surface area (TPSA) is 131 Å². The van der Waals surface area contributed by atoms with Gasteiger partial charge in [0.05, 0.1) is 5.69 Å². The van der Waals surface area contributed by atoms with E-state index >= 15 is 0 Å². The molecule has 1 atom stereocenters. The molecule has 0 saturated heterocycles. The maximum atomic E-state index is 14.1. The highest BCUT2D eigenvalue weighted by Crippen LogP contribution is 2.34. The van der Waals surface area contributed by atoms with Gasteiger partial charge in [-0.15, -0.1) is 0 Å². The fraction of sp³-hybridized carbons (Fsp3) is 0.429. The summed E-state index contributed by atoms with van der Waals surface area (Å²) in [4.78, 5) is 42.2. The summed E-state index contributed by atoms with van der Waals surface area (Å²) in [5.74, 6) is -0.444. The number of nitrogens with zero attached hydrogens (tertiary/aromatic N) is 2. The molecule has 10 heteroatoms. The average molecular weight is 538 g/mol. The fourth-order valence-electron chi connectivity index (χ4n) is 4.61. The van der Waals surface area contributed by atoms with Crippen LogP contribution in [0.1, 0.15) is 90.6 Å². The Hall–Kier alpha value is -3.66. The SMILES string of the molecule is Cc1ccc([C@@H](C(=O)NC(C)(C)C)N(C(=O)c2snc(C(=O)NC3CCCCC3)c2N)c2ccccc2)o1. The second-order valence-electron chi connectivity index (χ2n) is 10.7. The Balaban J connectivity index is 1.73. The molecular weight excluding hydrogens is 502 g/mol. The van der Waals surface area contributed by atoms with Crippen LogP contribution in [-0.4, -0.2) is 33.7 Å². The van der Waals surface area contributed by atoms with E-state index in [1.807, 2.05) is 26.8 Å². The molecule has 202 valence electrons. The minimum atomic E-state index is -1.13. The van der Waals surface area contributed by atoms with Gasteiger partial charge in [0.1, 0.15) is 16.4 Å². The molecule has 1 aromatic carbocycles. The average Bonchev–Trinajstić information content (AvgIpc) is 3.47. The van der Waals surface area contributed by atoms with E-state index in [9.17, 15) is 14.4 Å². The summed E-state index contributed by atoms with van der Waals surface area (Å²) in [6.45, 7) is 7.36. The zero-order valence-electron chi connectivity index (χ0n) is 22.2. The van der Waals surface area contributed by atoms with E-state index in [2.05, 4.69) is 15.0 Å². The van der Waals surface area contributed by atoms with Crippen LogP contribution in [0, 0.1) is 6.92 Å². The molecule has 2 aromatic heterocycles. The molecule has 0 bridgehead atoms. The Morgan fingerprint density at radius 1 is 1.08 bits per heavy atom. The second-order valence-corrected chi connectivity index (χ2v) is 11.5. The van der Waals surface area contributed by atoms with Crippen molar-refractivity contribution in [3.63, 3.8) is 0 Å². The Morgan fingerprint density at radius 2 is 1.76 bits per heavy atom. The van der Waals surface area contributed by atoms with Crippen molar-refractivity contribution in [3.8, 4) is 0 Å². The third-order valence-electron chi connectivity index (χ3n) is 6.37. The quantitative estimate of drug-likeness (QED) is 0.389. The number of aryl methyl sites for hydroxylation is 1. The summed E-state index contributed by atoms with van der Waals surface area (Å²) in [5.41, 5.74) is 6.31. The molecule has 9 nitrogen and oxygen atoms in total. The van der Waals surface area contributed by atoms with Gasteiger partial charge in [-0.05, 0) is 76.3 Å². The van der Waals surface area contributed by atoms with Crippen LogP contribution in [0.25, 0.3) is 0 Å². The van der Waals surface area contributed by atoms with E-state index in [0.29, 0.717) is 17.2 Å². The summed E-state index contributed by atoms with van der Waals surface area (Å²) in [6.07, 6.45) is 5.13. The Morgan fingerprint density at radius 3 is 2.37 bits per heavy atom. The molecule has 4 rings (SSSR count). The van der Waals surface area contributed by atoms with Crippen molar-refractivity contribution in [1.82, 2.24) is 15.0 Å². The molecular formula is C28H35N5O4S. The molecule has 0 aliphatic heterocycles. The van der Waals surface area contributed by atoms with Gasteiger partial charge >= 0.3 is 0 Å². The normalized spacial score (nSPS) is 15.1. The van der Waals surface area contributed by atoms with Crippen molar-refractivity contribution in [3.05, 3.63) is 64.6 Å². The van der Waals surface area contributed by atoms with Gasteiger partial charge in [-0.25, -0.2) is 0 Å². The largest absolute Gasteiger partial charge is 0.464 e. The highest BCUT2D eigenvalue weighted by atomic mass is 32.1. The van der Waals surface area contributed by atoms with Gasteiger partial charge < -0.3 is 20.8 Å². The highest BCUT2D eigenvalue weighted by Gasteiger charge is 2.39. The van der Waals surface area contributed by atoms with Crippen molar-refractivity contribution in [2.45, 2.75) is 77.4 Å². The van der Waals surface area contributed by atoms with Crippen molar-refractivity contribution in [2.24, 2.45) is 0 Å². The number of benzene rings is 1. The summed E-state index contributed by atoms with van der Waals surface area (Å²) in [6, 6.07) is 11.2. The maximum Gasteiger partial charge on any atom is 0.273 e. The first-order valence-electron chi connectivity index (χ1n) is 12.9. The number of furan rings is 1. The van der Waals surface area contributed by atoms with Crippen LogP contribution in [0.15, 0.2) is 46.9 Å². The molecule has 0 spiro atoms. The number of nitrogens with one attached hydrogen (secondary N) is 2. The fourth-order valence-corrected chi connectivity index (χ4v) is 5.34. The van der Waals surface area contributed by atoms with Gasteiger partial charge in [-0.2, -0.15) is 4.37 Å². The standard InChI is InChI=1S/C28H35N5O4S/c1-17-15-16-20(37-17)23(26(35)31-28(2,3)4)33(19-13-9-6-10-14-19)27(36)24-21(29)22(32-38-24)25(34)30-18-11-7-5-8-12-18/h6,9-10,13-16,18,23H,5,7-8,11-12,29H2,1-4H3,(H,30,34)(H,31,35)/t23-/m0/s1. The van der Waals surface area contributed by atoms with Crippen molar-refractivity contribution < 1.29 is 18.8 Å². The molecule has 2 heterocycles. The number of nitrogens with two attached hydrogens (primary N) is 1. The first-order valence-corrected chi connectivity index (χ1v) is 13.7. The second kappa shape index (κ2) is 11.4. The van der Waals surface area contributed by atoms with Gasteiger partial charge in [0.15, 0.2) is 11.7 Å². The van der Waals surface area contributed by atoms with Crippen LogP contribution >= 0.6 is 11.5 Å². The first kappa shape index (κ1) is 27.4. The lowest BCUT2D eigenvalue weighted by Gasteiger charge is -2.32. The lowest BCUT2D eigenvalue weighted by Crippen LogP contribution is -2.49. The van der Waals surface area contributed by atoms with Crippen LogP contribution in [-0.2, 0) is 4.79 Å². The van der Waals surface area contributed by atoms with Crippen molar-refractivity contribution in [1.29, 1.82) is 0 Å². The molecule has 3 aromatic rings. The highest BCUT2D eigenvalue weighted by molar-refractivity contribution is 7.09. The number of nitrogen functional groups attached to an aromatic ring is 1. The minimum Gasteiger partial charge on any atom is -0.464 e. The zero-order valence-corrected chi connectivity index (χ0v) is 23.1. The number of aromatic nitrogens is 1. The van der Waals surface area contributed by atoms with Crippen LogP contribution in [0.3, 0.4) is 0 Å². The smallest absolute Gasteiger partial charge is 0.273 e. The lowest BCUT2D eigenvalue weighted by molar-refractivity contribution is -0.124. The molecule has 38 heavy (non-hydrogen) atoms. The molecule has 0 unspecified atom stereocenters. The lowest BCUT2D eigenvalue weighted by atomic mass is 9.95. The molecule has 4 N–H and O–H groups in total. The van der Waals surface area contributed by atoms with Crippen molar-refractivity contribution >= 4 is 40.6 Å². The Kier molecular flexibility index (Phi) is 8.20. The maximum absolute atomic E-state index is 14.1. The minimum absolute atomic E-state index is 0.000143. The van der Waals surface area contributed by atoms with Gasteiger partial charge in [0, 0.05) is 17.3 Å². The van der Waals surface area contributed by atoms with Crippen LogP contribution in [0.4, 0.5) is 11.4 Å². The molecule has 1 aliphatic carbocycles.